The molecule has 0 aromatic rings. The minimum absolute atomic E-state index is 0. The number of piperidine rings is 1. The summed E-state index contributed by atoms with van der Waals surface area (Å²) in [5.41, 5.74) is -0.862. The fourth-order valence-electron chi connectivity index (χ4n) is 2.74. The highest BCUT2D eigenvalue weighted by molar-refractivity contribution is 5.85. The van der Waals surface area contributed by atoms with Crippen molar-refractivity contribution in [1.29, 1.82) is 0 Å². The smallest absolute Gasteiger partial charge is 0.410 e. The minimum atomic E-state index is -0.779. The number of nitrogens with one attached hydrogen (secondary N) is 1. The van der Waals surface area contributed by atoms with Crippen LogP contribution in [0.2, 0.25) is 0 Å². The number of ether oxygens (including phenoxy) is 1. The van der Waals surface area contributed by atoms with Crippen molar-refractivity contribution in [2.24, 2.45) is 0 Å². The van der Waals surface area contributed by atoms with Gasteiger partial charge in [-0.1, -0.05) is 0 Å². The van der Waals surface area contributed by atoms with Gasteiger partial charge in [0.25, 0.3) is 0 Å². The summed E-state index contributed by atoms with van der Waals surface area (Å²) in [6.45, 7) is 7.45. The van der Waals surface area contributed by atoms with E-state index >= 15 is 0 Å². The molecule has 112 valence electrons. The van der Waals surface area contributed by atoms with E-state index in [-0.39, 0.29) is 18.5 Å². The van der Waals surface area contributed by atoms with Crippen LogP contribution in [0.3, 0.4) is 0 Å². The molecule has 0 aliphatic carbocycles. The molecule has 2 heterocycles. The molecule has 1 unspecified atom stereocenters. The first-order valence-electron chi connectivity index (χ1n) is 6.69. The third-order valence-corrected chi connectivity index (χ3v) is 3.78. The maximum absolute atomic E-state index is 13.9. The Morgan fingerprint density at radius 1 is 1.37 bits per heavy atom. The van der Waals surface area contributed by atoms with E-state index in [1.54, 1.807) is 4.90 Å². The second-order valence-corrected chi connectivity index (χ2v) is 6.31. The average molecular weight is 295 g/mol. The van der Waals surface area contributed by atoms with Crippen LogP contribution in [0.1, 0.15) is 40.0 Å². The summed E-state index contributed by atoms with van der Waals surface area (Å²) in [4.78, 5) is 13.6. The summed E-state index contributed by atoms with van der Waals surface area (Å²) in [5, 5.41) is 3.28. The first-order chi connectivity index (χ1) is 8.32. The monoisotopic (exact) mass is 294 g/mol. The second kappa shape index (κ2) is 5.83. The van der Waals surface area contributed by atoms with Crippen LogP contribution in [-0.2, 0) is 4.74 Å². The third-order valence-electron chi connectivity index (χ3n) is 3.78. The summed E-state index contributed by atoms with van der Waals surface area (Å²) in [5.74, 6) is 0. The number of likely N-dealkylation sites (tertiary alicyclic amines) is 1. The SMILES string of the molecule is CC(C)(C)OC(=O)N1CCC2(CC1)NCCC2F.Cl. The number of carbonyl (C=O) groups excluding carboxylic acids is 1. The Labute approximate surface area is 120 Å². The predicted octanol–water partition coefficient (Wildman–Crippen LogP) is 2.51. The molecule has 2 saturated heterocycles. The van der Waals surface area contributed by atoms with Gasteiger partial charge in [-0.2, -0.15) is 0 Å². The lowest BCUT2D eigenvalue weighted by Gasteiger charge is -2.40. The minimum Gasteiger partial charge on any atom is -0.444 e. The molecule has 1 spiro atoms. The lowest BCUT2D eigenvalue weighted by molar-refractivity contribution is 0.0110. The zero-order valence-corrected chi connectivity index (χ0v) is 12.7. The molecule has 2 aliphatic heterocycles. The van der Waals surface area contributed by atoms with E-state index in [0.717, 1.165) is 6.54 Å². The molecule has 1 atom stereocenters. The number of hydrogen-bond acceptors (Lipinski definition) is 3. The maximum Gasteiger partial charge on any atom is 0.410 e. The van der Waals surface area contributed by atoms with Gasteiger partial charge in [0.15, 0.2) is 0 Å². The molecule has 4 nitrogen and oxygen atoms in total. The fourth-order valence-corrected chi connectivity index (χ4v) is 2.74. The Morgan fingerprint density at radius 2 is 1.95 bits per heavy atom. The van der Waals surface area contributed by atoms with Crippen molar-refractivity contribution in [1.82, 2.24) is 10.2 Å². The van der Waals surface area contributed by atoms with E-state index in [4.69, 9.17) is 4.74 Å². The normalized spacial score (nSPS) is 26.1. The highest BCUT2D eigenvalue weighted by Crippen LogP contribution is 2.33. The maximum atomic E-state index is 13.9. The molecule has 0 aromatic carbocycles. The summed E-state index contributed by atoms with van der Waals surface area (Å²) in [6.07, 6.45) is 0.872. The predicted molar refractivity (Wildman–Crippen MR) is 74.5 cm³/mol. The molecule has 2 fully saturated rings. The average Bonchev–Trinajstić information content (AvgIpc) is 2.59. The molecule has 2 aliphatic rings. The quantitative estimate of drug-likeness (QED) is 0.746. The molecule has 19 heavy (non-hydrogen) atoms. The number of nitrogens with zero attached hydrogens (tertiary/aromatic N) is 1. The highest BCUT2D eigenvalue weighted by atomic mass is 35.5. The van der Waals surface area contributed by atoms with E-state index in [0.29, 0.717) is 32.4 Å². The Hall–Kier alpha value is -0.550. The van der Waals surface area contributed by atoms with Gasteiger partial charge < -0.3 is 15.0 Å². The zero-order chi connectivity index (χ0) is 13.4. The molecular formula is C13H24ClFN2O2. The van der Waals surface area contributed by atoms with Crippen molar-refractivity contribution in [2.75, 3.05) is 19.6 Å². The summed E-state index contributed by atoms with van der Waals surface area (Å²) < 4.78 is 19.2. The van der Waals surface area contributed by atoms with Crippen LogP contribution in [0, 0.1) is 0 Å². The Balaban J connectivity index is 0.00000180. The Bertz CT molecular complexity index is 325. The van der Waals surface area contributed by atoms with Gasteiger partial charge in [-0.05, 0) is 46.6 Å². The van der Waals surface area contributed by atoms with E-state index in [1.807, 2.05) is 20.8 Å². The lowest BCUT2D eigenvalue weighted by atomic mass is 9.85. The molecule has 1 N–H and O–H groups in total. The van der Waals surface area contributed by atoms with Crippen LogP contribution in [-0.4, -0.2) is 47.9 Å². The molecule has 0 saturated carbocycles. The standard InChI is InChI=1S/C13H23FN2O2.ClH/c1-12(2,3)18-11(17)16-8-5-13(6-9-16)10(14)4-7-15-13;/h10,15H,4-9H2,1-3H3;1H. The van der Waals surface area contributed by atoms with Gasteiger partial charge in [-0.15, -0.1) is 12.4 Å². The van der Waals surface area contributed by atoms with Gasteiger partial charge in [0.05, 0.1) is 5.54 Å². The third kappa shape index (κ3) is 3.72. The van der Waals surface area contributed by atoms with Crippen molar-refractivity contribution >= 4 is 18.5 Å². The van der Waals surface area contributed by atoms with Gasteiger partial charge in [-0.25, -0.2) is 9.18 Å². The van der Waals surface area contributed by atoms with Crippen molar-refractivity contribution < 1.29 is 13.9 Å². The lowest BCUT2D eigenvalue weighted by Crippen LogP contribution is -2.55. The van der Waals surface area contributed by atoms with E-state index in [9.17, 15) is 9.18 Å². The van der Waals surface area contributed by atoms with Crippen LogP contribution < -0.4 is 5.32 Å². The van der Waals surface area contributed by atoms with Gasteiger partial charge >= 0.3 is 6.09 Å². The van der Waals surface area contributed by atoms with Crippen LogP contribution in [0.5, 0.6) is 0 Å². The number of hydrogen-bond donors (Lipinski definition) is 1. The van der Waals surface area contributed by atoms with Crippen LogP contribution in [0.15, 0.2) is 0 Å². The van der Waals surface area contributed by atoms with Gasteiger partial charge in [-0.3, -0.25) is 0 Å². The number of amides is 1. The van der Waals surface area contributed by atoms with Crippen molar-refractivity contribution in [3.63, 3.8) is 0 Å². The first-order valence-corrected chi connectivity index (χ1v) is 6.69. The largest absolute Gasteiger partial charge is 0.444 e. The van der Waals surface area contributed by atoms with Crippen LogP contribution in [0.25, 0.3) is 0 Å². The number of carbonyl (C=O) groups is 1. The molecule has 0 bridgehead atoms. The summed E-state index contributed by atoms with van der Waals surface area (Å²) in [6, 6.07) is 0. The van der Waals surface area contributed by atoms with E-state index in [2.05, 4.69) is 5.32 Å². The van der Waals surface area contributed by atoms with Crippen molar-refractivity contribution in [3.05, 3.63) is 0 Å². The van der Waals surface area contributed by atoms with Crippen LogP contribution in [0.4, 0.5) is 9.18 Å². The summed E-state index contributed by atoms with van der Waals surface area (Å²) >= 11 is 0. The number of rotatable bonds is 0. The summed E-state index contributed by atoms with van der Waals surface area (Å²) in [7, 11) is 0. The molecule has 0 aromatic heterocycles. The highest BCUT2D eigenvalue weighted by Gasteiger charge is 2.46. The first kappa shape index (κ1) is 16.5. The van der Waals surface area contributed by atoms with Gasteiger partial charge in [0.2, 0.25) is 0 Å². The topological polar surface area (TPSA) is 41.6 Å². The molecule has 1 amide bonds. The number of halogens is 2. The molecule has 2 rings (SSSR count). The Morgan fingerprint density at radius 3 is 2.37 bits per heavy atom. The van der Waals surface area contributed by atoms with Crippen molar-refractivity contribution in [2.45, 2.75) is 57.3 Å². The van der Waals surface area contributed by atoms with E-state index < -0.39 is 17.3 Å². The molecular weight excluding hydrogens is 271 g/mol. The van der Waals surface area contributed by atoms with E-state index in [1.165, 1.54) is 0 Å². The Kier molecular flexibility index (Phi) is 5.07. The van der Waals surface area contributed by atoms with Crippen LogP contribution >= 0.6 is 12.4 Å². The second-order valence-electron chi connectivity index (χ2n) is 6.31. The van der Waals surface area contributed by atoms with Gasteiger partial charge in [0.1, 0.15) is 11.8 Å². The van der Waals surface area contributed by atoms with Crippen molar-refractivity contribution in [3.8, 4) is 0 Å². The fraction of sp³-hybridized carbons (Fsp3) is 0.923. The molecule has 6 heteroatoms. The molecule has 0 radical (unpaired) electrons. The van der Waals surface area contributed by atoms with Gasteiger partial charge in [0, 0.05) is 13.1 Å². The zero-order valence-electron chi connectivity index (χ0n) is 11.9. The number of alkyl halides is 1.